The first kappa shape index (κ1) is 24.0. The number of hydrogen-bond acceptors (Lipinski definition) is 5. The number of halogens is 2. The van der Waals surface area contributed by atoms with E-state index in [4.69, 9.17) is 5.73 Å². The molecule has 0 bridgehead atoms. The second-order valence-electron chi connectivity index (χ2n) is 8.34. The molecular formula is C26H23F2N3O4. The van der Waals surface area contributed by atoms with Crippen LogP contribution in [0.25, 0.3) is 11.1 Å². The first-order chi connectivity index (χ1) is 16.6. The second-order valence-corrected chi connectivity index (χ2v) is 8.34. The molecule has 4 rings (SSSR count). The van der Waals surface area contributed by atoms with Crippen LogP contribution in [0.5, 0.6) is 0 Å². The standard InChI is InChI=1S/C26H23F2N3O4/c1-13-15-7-3-4-8-16(15)21-19(29)11-6-12-20(21)31(25(13)34)26(35)14(2)30-24(33)23(32)17-9-5-10-18(27)22(17)28/h3-14,23,32H,29H2,1-2H3,(H,30,33)/t13?,14-,23?/m0/s1. The van der Waals surface area contributed by atoms with Gasteiger partial charge in [0.2, 0.25) is 5.91 Å². The number of hydrogen-bond donors (Lipinski definition) is 3. The molecule has 3 atom stereocenters. The maximum atomic E-state index is 14.0. The third kappa shape index (κ3) is 4.15. The summed E-state index contributed by atoms with van der Waals surface area (Å²) >= 11 is 0. The highest BCUT2D eigenvalue weighted by Gasteiger charge is 2.38. The zero-order valence-electron chi connectivity index (χ0n) is 19.0. The van der Waals surface area contributed by atoms with E-state index in [9.17, 15) is 28.3 Å². The van der Waals surface area contributed by atoms with Crippen molar-refractivity contribution in [1.29, 1.82) is 0 Å². The molecular weight excluding hydrogens is 456 g/mol. The first-order valence-corrected chi connectivity index (χ1v) is 10.9. The van der Waals surface area contributed by atoms with Gasteiger partial charge in [-0.3, -0.25) is 14.4 Å². The Labute approximate surface area is 200 Å². The quantitative estimate of drug-likeness (QED) is 0.497. The van der Waals surface area contributed by atoms with E-state index in [1.54, 1.807) is 43.3 Å². The van der Waals surface area contributed by atoms with Crippen LogP contribution in [0.2, 0.25) is 0 Å². The fourth-order valence-electron chi connectivity index (χ4n) is 4.23. The Morgan fingerprint density at radius 2 is 1.74 bits per heavy atom. The summed E-state index contributed by atoms with van der Waals surface area (Å²) in [5, 5.41) is 12.6. The molecule has 0 radical (unpaired) electrons. The molecule has 0 fully saturated rings. The summed E-state index contributed by atoms with van der Waals surface area (Å²) in [6, 6.07) is 13.8. The monoisotopic (exact) mass is 479 g/mol. The smallest absolute Gasteiger partial charge is 0.256 e. The van der Waals surface area contributed by atoms with Crippen molar-refractivity contribution in [2.75, 3.05) is 10.6 Å². The number of carbonyl (C=O) groups is 3. The van der Waals surface area contributed by atoms with E-state index in [2.05, 4.69) is 5.32 Å². The van der Waals surface area contributed by atoms with Crippen LogP contribution < -0.4 is 16.0 Å². The molecule has 180 valence electrons. The van der Waals surface area contributed by atoms with Crippen molar-refractivity contribution in [3.8, 4) is 11.1 Å². The third-order valence-corrected chi connectivity index (χ3v) is 6.08. The number of fused-ring (bicyclic) bond motifs is 3. The lowest BCUT2D eigenvalue weighted by atomic mass is 9.92. The van der Waals surface area contributed by atoms with Crippen LogP contribution >= 0.6 is 0 Å². The van der Waals surface area contributed by atoms with Crippen LogP contribution in [0.15, 0.2) is 60.7 Å². The predicted octanol–water partition coefficient (Wildman–Crippen LogP) is 3.43. The Bertz CT molecular complexity index is 1340. The number of benzene rings is 3. The van der Waals surface area contributed by atoms with Gasteiger partial charge in [-0.1, -0.05) is 42.5 Å². The zero-order valence-corrected chi connectivity index (χ0v) is 19.0. The van der Waals surface area contributed by atoms with Gasteiger partial charge in [0.05, 0.1) is 11.6 Å². The largest absolute Gasteiger partial charge is 0.398 e. The predicted molar refractivity (Wildman–Crippen MR) is 126 cm³/mol. The van der Waals surface area contributed by atoms with Gasteiger partial charge in [-0.2, -0.15) is 0 Å². The van der Waals surface area contributed by atoms with Gasteiger partial charge in [-0.05, 0) is 43.2 Å². The number of amides is 3. The molecule has 3 amide bonds. The summed E-state index contributed by atoms with van der Waals surface area (Å²) < 4.78 is 27.5. The van der Waals surface area contributed by atoms with Crippen molar-refractivity contribution in [2.24, 2.45) is 0 Å². The lowest BCUT2D eigenvalue weighted by molar-refractivity contribution is -0.135. The number of nitrogen functional groups attached to an aromatic ring is 1. The van der Waals surface area contributed by atoms with Crippen LogP contribution in [0.3, 0.4) is 0 Å². The van der Waals surface area contributed by atoms with Crippen molar-refractivity contribution in [3.63, 3.8) is 0 Å². The number of aliphatic hydroxyl groups excluding tert-OH is 1. The number of carbonyl (C=O) groups excluding carboxylic acids is 3. The fraction of sp³-hybridized carbons (Fsp3) is 0.192. The van der Waals surface area contributed by atoms with Gasteiger partial charge in [0.25, 0.3) is 11.8 Å². The summed E-state index contributed by atoms with van der Waals surface area (Å²) in [6.07, 6.45) is -2.06. The normalized spacial score (nSPS) is 16.5. The topological polar surface area (TPSA) is 113 Å². The summed E-state index contributed by atoms with van der Waals surface area (Å²) in [5.74, 6) is -5.71. The van der Waals surface area contributed by atoms with Crippen LogP contribution in [-0.2, 0) is 14.4 Å². The Hall–Kier alpha value is -4.11. The minimum atomic E-state index is -2.06. The van der Waals surface area contributed by atoms with E-state index in [-0.39, 0.29) is 5.69 Å². The molecule has 0 saturated heterocycles. The van der Waals surface area contributed by atoms with Gasteiger partial charge in [0.1, 0.15) is 6.04 Å². The van der Waals surface area contributed by atoms with Crippen LogP contribution in [0.4, 0.5) is 20.2 Å². The molecule has 7 nitrogen and oxygen atoms in total. The van der Waals surface area contributed by atoms with Gasteiger partial charge < -0.3 is 16.2 Å². The van der Waals surface area contributed by atoms with E-state index < -0.39 is 53.0 Å². The van der Waals surface area contributed by atoms with E-state index >= 15 is 0 Å². The van der Waals surface area contributed by atoms with E-state index in [1.165, 1.54) is 6.92 Å². The molecule has 1 heterocycles. The Morgan fingerprint density at radius 3 is 2.49 bits per heavy atom. The molecule has 0 spiro atoms. The maximum absolute atomic E-state index is 14.0. The SMILES string of the molecule is CC1C(=O)N(C(=O)[C@H](C)NC(=O)C(O)c2cccc(F)c2F)c2cccc(N)c2-c2ccccc21. The van der Waals surface area contributed by atoms with Crippen LogP contribution in [0, 0.1) is 11.6 Å². The molecule has 3 aromatic carbocycles. The molecule has 0 aliphatic carbocycles. The second kappa shape index (κ2) is 9.27. The molecule has 1 aliphatic rings. The first-order valence-electron chi connectivity index (χ1n) is 10.9. The number of aliphatic hydroxyl groups is 1. The third-order valence-electron chi connectivity index (χ3n) is 6.08. The average Bonchev–Trinajstić information content (AvgIpc) is 2.93. The number of anilines is 2. The highest BCUT2D eigenvalue weighted by Crippen LogP contribution is 2.44. The number of nitrogens with zero attached hydrogens (tertiary/aromatic N) is 1. The van der Waals surface area contributed by atoms with E-state index in [0.29, 0.717) is 22.4 Å². The van der Waals surface area contributed by atoms with Crippen molar-refractivity contribution in [1.82, 2.24) is 5.32 Å². The van der Waals surface area contributed by atoms with Crippen molar-refractivity contribution in [3.05, 3.63) is 83.4 Å². The van der Waals surface area contributed by atoms with Crippen molar-refractivity contribution in [2.45, 2.75) is 31.9 Å². The van der Waals surface area contributed by atoms with Crippen LogP contribution in [0.1, 0.15) is 37.0 Å². The molecule has 0 aromatic heterocycles. The highest BCUT2D eigenvalue weighted by molar-refractivity contribution is 6.22. The lowest BCUT2D eigenvalue weighted by Crippen LogP contribution is -2.51. The van der Waals surface area contributed by atoms with E-state index in [1.807, 2.05) is 6.07 Å². The minimum absolute atomic E-state index is 0.259. The molecule has 2 unspecified atom stereocenters. The molecule has 4 N–H and O–H groups in total. The Kier molecular flexibility index (Phi) is 6.36. The minimum Gasteiger partial charge on any atom is -0.398 e. The summed E-state index contributed by atoms with van der Waals surface area (Å²) in [7, 11) is 0. The fourth-order valence-corrected chi connectivity index (χ4v) is 4.23. The number of nitrogens with one attached hydrogen (secondary N) is 1. The van der Waals surface area contributed by atoms with Crippen LogP contribution in [-0.4, -0.2) is 28.9 Å². The maximum Gasteiger partial charge on any atom is 0.256 e. The Morgan fingerprint density at radius 1 is 1.06 bits per heavy atom. The molecule has 9 heteroatoms. The molecule has 35 heavy (non-hydrogen) atoms. The van der Waals surface area contributed by atoms with Gasteiger partial charge >= 0.3 is 0 Å². The Balaban J connectivity index is 1.67. The zero-order chi connectivity index (χ0) is 25.4. The lowest BCUT2D eigenvalue weighted by Gasteiger charge is -2.27. The van der Waals surface area contributed by atoms with Gasteiger partial charge in [0.15, 0.2) is 17.7 Å². The molecule has 1 aliphatic heterocycles. The number of rotatable bonds is 4. The average molecular weight is 479 g/mol. The van der Waals surface area contributed by atoms with Gasteiger partial charge in [0, 0.05) is 16.8 Å². The van der Waals surface area contributed by atoms with E-state index in [0.717, 1.165) is 23.1 Å². The molecule has 3 aromatic rings. The molecule has 0 saturated carbocycles. The highest BCUT2D eigenvalue weighted by atomic mass is 19.2. The summed E-state index contributed by atoms with van der Waals surface area (Å²) in [5.41, 5.74) is 8.21. The number of nitrogens with two attached hydrogens (primary N) is 1. The van der Waals surface area contributed by atoms with Gasteiger partial charge in [-0.15, -0.1) is 0 Å². The van der Waals surface area contributed by atoms with Gasteiger partial charge in [-0.25, -0.2) is 13.7 Å². The van der Waals surface area contributed by atoms with Crippen molar-refractivity contribution >= 4 is 29.1 Å². The summed E-state index contributed by atoms with van der Waals surface area (Å²) in [6.45, 7) is 3.00. The number of imide groups is 1. The summed E-state index contributed by atoms with van der Waals surface area (Å²) in [4.78, 5) is 40.5. The van der Waals surface area contributed by atoms with Crippen molar-refractivity contribution < 1.29 is 28.3 Å².